The summed E-state index contributed by atoms with van der Waals surface area (Å²) < 4.78 is 26.7. The van der Waals surface area contributed by atoms with Crippen LogP contribution in [0.1, 0.15) is 36.6 Å². The zero-order valence-electron chi connectivity index (χ0n) is 14.3. The fourth-order valence-corrected chi connectivity index (χ4v) is 2.91. The highest BCUT2D eigenvalue weighted by Crippen LogP contribution is 2.26. The predicted octanol–water partition coefficient (Wildman–Crippen LogP) is 5.27. The van der Waals surface area contributed by atoms with E-state index in [4.69, 9.17) is 12.2 Å². The molecule has 24 heavy (non-hydrogen) atoms. The Balaban J connectivity index is 2.17. The molecule has 0 aliphatic rings. The molecular weight excluding hydrogens is 326 g/mol. The first-order valence-electron chi connectivity index (χ1n) is 7.87. The Hall–Kier alpha value is -2.01. The van der Waals surface area contributed by atoms with Crippen LogP contribution in [0.15, 0.2) is 36.4 Å². The number of aryl methyl sites for hydroxylation is 2. The zero-order valence-corrected chi connectivity index (χ0v) is 15.1. The van der Waals surface area contributed by atoms with E-state index in [1.165, 1.54) is 23.3 Å². The van der Waals surface area contributed by atoms with E-state index in [-0.39, 0.29) is 17.6 Å². The molecule has 5 heteroatoms. The zero-order chi connectivity index (χ0) is 17.9. The van der Waals surface area contributed by atoms with Gasteiger partial charge in [0.25, 0.3) is 0 Å². The van der Waals surface area contributed by atoms with E-state index in [0.717, 1.165) is 11.6 Å². The molecule has 0 aliphatic carbocycles. The van der Waals surface area contributed by atoms with Crippen molar-refractivity contribution in [2.24, 2.45) is 5.92 Å². The van der Waals surface area contributed by atoms with Crippen molar-refractivity contribution in [2.45, 2.75) is 33.7 Å². The van der Waals surface area contributed by atoms with Crippen LogP contribution in [-0.2, 0) is 0 Å². The number of nitrogens with one attached hydrogen (secondary N) is 2. The monoisotopic (exact) mass is 348 g/mol. The highest BCUT2D eigenvalue weighted by molar-refractivity contribution is 7.80. The van der Waals surface area contributed by atoms with Gasteiger partial charge in [-0.15, -0.1) is 0 Å². The van der Waals surface area contributed by atoms with Gasteiger partial charge >= 0.3 is 0 Å². The van der Waals surface area contributed by atoms with Crippen molar-refractivity contribution in [3.8, 4) is 0 Å². The molecule has 2 nitrogen and oxygen atoms in total. The molecule has 0 heterocycles. The summed E-state index contributed by atoms with van der Waals surface area (Å²) in [7, 11) is 0. The van der Waals surface area contributed by atoms with Crippen LogP contribution < -0.4 is 10.6 Å². The summed E-state index contributed by atoms with van der Waals surface area (Å²) in [5.41, 5.74) is 3.68. The lowest BCUT2D eigenvalue weighted by molar-refractivity contribution is 0.471. The summed E-state index contributed by atoms with van der Waals surface area (Å²) in [6.07, 6.45) is 0. The molecule has 0 fully saturated rings. The van der Waals surface area contributed by atoms with Crippen LogP contribution in [0.25, 0.3) is 0 Å². The maximum atomic E-state index is 13.7. The Morgan fingerprint density at radius 1 is 1.04 bits per heavy atom. The average Bonchev–Trinajstić information content (AvgIpc) is 2.48. The van der Waals surface area contributed by atoms with Gasteiger partial charge in [-0.2, -0.15) is 0 Å². The topological polar surface area (TPSA) is 24.1 Å². The van der Waals surface area contributed by atoms with Crippen molar-refractivity contribution in [1.82, 2.24) is 5.32 Å². The molecule has 1 unspecified atom stereocenters. The van der Waals surface area contributed by atoms with Gasteiger partial charge in [0, 0.05) is 6.07 Å². The molecule has 2 aromatic rings. The number of halogens is 2. The molecule has 0 radical (unpaired) electrons. The summed E-state index contributed by atoms with van der Waals surface area (Å²) >= 11 is 5.31. The molecule has 0 saturated carbocycles. The number of thiocarbonyl (C=S) groups is 1. The van der Waals surface area contributed by atoms with Crippen molar-refractivity contribution < 1.29 is 8.78 Å². The van der Waals surface area contributed by atoms with E-state index in [0.29, 0.717) is 5.11 Å². The molecule has 0 aliphatic heterocycles. The molecule has 2 rings (SSSR count). The first-order valence-corrected chi connectivity index (χ1v) is 8.28. The van der Waals surface area contributed by atoms with E-state index >= 15 is 0 Å². The number of hydrogen-bond donors (Lipinski definition) is 2. The second-order valence-corrected chi connectivity index (χ2v) is 6.71. The maximum Gasteiger partial charge on any atom is 0.171 e. The molecule has 0 amide bonds. The summed E-state index contributed by atoms with van der Waals surface area (Å²) in [6.45, 7) is 8.31. The Morgan fingerprint density at radius 2 is 1.75 bits per heavy atom. The molecule has 0 spiro atoms. The fraction of sp³-hybridized carbons (Fsp3) is 0.316. The second-order valence-electron chi connectivity index (χ2n) is 6.30. The fourth-order valence-electron chi connectivity index (χ4n) is 2.67. The molecule has 0 saturated heterocycles. The Kier molecular flexibility index (Phi) is 5.89. The molecule has 2 N–H and O–H groups in total. The smallest absolute Gasteiger partial charge is 0.171 e. The molecule has 128 valence electrons. The minimum atomic E-state index is -0.674. The lowest BCUT2D eigenvalue weighted by atomic mass is 9.92. The first-order chi connectivity index (χ1) is 11.3. The summed E-state index contributed by atoms with van der Waals surface area (Å²) in [5.74, 6) is -1.01. The van der Waals surface area contributed by atoms with Crippen LogP contribution in [0.2, 0.25) is 0 Å². The van der Waals surface area contributed by atoms with Crippen LogP contribution >= 0.6 is 12.2 Å². The molecule has 0 bridgehead atoms. The second kappa shape index (κ2) is 7.71. The third kappa shape index (κ3) is 4.51. The number of hydrogen-bond acceptors (Lipinski definition) is 1. The lowest BCUT2D eigenvalue weighted by Gasteiger charge is -2.26. The van der Waals surface area contributed by atoms with Gasteiger partial charge in [-0.05, 0) is 55.2 Å². The molecular formula is C19H22F2N2S. The third-order valence-corrected chi connectivity index (χ3v) is 4.11. The molecule has 0 aromatic heterocycles. The van der Waals surface area contributed by atoms with Gasteiger partial charge in [0.15, 0.2) is 5.11 Å². The predicted molar refractivity (Wildman–Crippen MR) is 99.2 cm³/mol. The van der Waals surface area contributed by atoms with Crippen molar-refractivity contribution in [1.29, 1.82) is 0 Å². The van der Waals surface area contributed by atoms with Gasteiger partial charge in [-0.3, -0.25) is 0 Å². The maximum absolute atomic E-state index is 13.7. The highest BCUT2D eigenvalue weighted by Gasteiger charge is 2.19. The van der Waals surface area contributed by atoms with Crippen LogP contribution in [0.4, 0.5) is 14.5 Å². The standard InChI is InChI=1S/C19H22F2N2S/c1-11(2)18(15-7-5-12(3)9-13(15)4)23-19(24)22-17-8-6-14(20)10-16(17)21/h5-11,18H,1-4H3,(H2,22,23,24). The van der Waals surface area contributed by atoms with Crippen LogP contribution in [0, 0.1) is 31.4 Å². The highest BCUT2D eigenvalue weighted by atomic mass is 32.1. The Labute approximate surface area is 147 Å². The number of rotatable bonds is 4. The minimum absolute atomic E-state index is 0.00545. The van der Waals surface area contributed by atoms with Gasteiger partial charge in [0.1, 0.15) is 11.6 Å². The van der Waals surface area contributed by atoms with Crippen LogP contribution in [-0.4, -0.2) is 5.11 Å². The summed E-state index contributed by atoms with van der Waals surface area (Å²) in [6, 6.07) is 9.63. The Morgan fingerprint density at radius 3 is 2.33 bits per heavy atom. The van der Waals surface area contributed by atoms with Gasteiger partial charge < -0.3 is 10.6 Å². The van der Waals surface area contributed by atoms with Crippen molar-refractivity contribution >= 4 is 23.0 Å². The minimum Gasteiger partial charge on any atom is -0.355 e. The van der Waals surface area contributed by atoms with Crippen molar-refractivity contribution in [2.75, 3.05) is 5.32 Å². The summed E-state index contributed by atoms with van der Waals surface area (Å²) in [5, 5.41) is 6.35. The van der Waals surface area contributed by atoms with Gasteiger partial charge in [-0.25, -0.2) is 8.78 Å². The van der Waals surface area contributed by atoms with E-state index in [9.17, 15) is 8.78 Å². The molecule has 1 atom stereocenters. The average molecular weight is 348 g/mol. The van der Waals surface area contributed by atoms with Crippen LogP contribution in [0.5, 0.6) is 0 Å². The van der Waals surface area contributed by atoms with Crippen LogP contribution in [0.3, 0.4) is 0 Å². The van der Waals surface area contributed by atoms with Crippen molar-refractivity contribution in [3.63, 3.8) is 0 Å². The van der Waals surface area contributed by atoms with E-state index in [1.807, 2.05) is 0 Å². The summed E-state index contributed by atoms with van der Waals surface area (Å²) in [4.78, 5) is 0. The number of anilines is 1. The van der Waals surface area contributed by atoms with Crippen molar-refractivity contribution in [3.05, 3.63) is 64.7 Å². The van der Waals surface area contributed by atoms with Gasteiger partial charge in [-0.1, -0.05) is 37.6 Å². The van der Waals surface area contributed by atoms with Gasteiger partial charge in [0.2, 0.25) is 0 Å². The Bertz CT molecular complexity index is 744. The SMILES string of the molecule is Cc1ccc(C(NC(=S)Nc2ccc(F)cc2F)C(C)C)c(C)c1. The first kappa shape index (κ1) is 18.3. The van der Waals surface area contributed by atoms with E-state index in [1.54, 1.807) is 0 Å². The largest absolute Gasteiger partial charge is 0.355 e. The lowest BCUT2D eigenvalue weighted by Crippen LogP contribution is -2.35. The number of benzene rings is 2. The quantitative estimate of drug-likeness (QED) is 0.737. The normalized spacial score (nSPS) is 12.1. The van der Waals surface area contributed by atoms with Gasteiger partial charge in [0.05, 0.1) is 11.7 Å². The van der Waals surface area contributed by atoms with E-state index in [2.05, 4.69) is 56.5 Å². The molecule has 2 aromatic carbocycles. The van der Waals surface area contributed by atoms with E-state index < -0.39 is 11.6 Å². The third-order valence-electron chi connectivity index (χ3n) is 3.89.